The van der Waals surface area contributed by atoms with Gasteiger partial charge in [-0.3, -0.25) is 0 Å². The number of carbonyl (C=O) groups is 1. The van der Waals surface area contributed by atoms with Crippen LogP contribution < -0.4 is 0 Å². The highest BCUT2D eigenvalue weighted by molar-refractivity contribution is 8.13. The van der Waals surface area contributed by atoms with Gasteiger partial charge in [-0.05, 0) is 20.8 Å². The molecule has 0 N–H and O–H groups in total. The van der Waals surface area contributed by atoms with Crippen molar-refractivity contribution in [3.63, 3.8) is 0 Å². The molecule has 1 rings (SSSR count). The Bertz CT molecular complexity index is 367. The Morgan fingerprint density at radius 2 is 1.94 bits per heavy atom. The maximum atomic E-state index is 11.5. The zero-order chi connectivity index (χ0) is 12.6. The molecule has 94 valence electrons. The van der Waals surface area contributed by atoms with Crippen LogP contribution in [0.3, 0.4) is 0 Å². The zero-order valence-corrected chi connectivity index (χ0v) is 11.1. The summed E-state index contributed by atoms with van der Waals surface area (Å²) in [5.41, 5.74) is -0.527. The van der Waals surface area contributed by atoms with Crippen LogP contribution in [0.5, 0.6) is 0 Å². The van der Waals surface area contributed by atoms with Gasteiger partial charge < -0.3 is 9.64 Å². The normalized spacial score (nSPS) is 18.1. The molecule has 0 spiro atoms. The van der Waals surface area contributed by atoms with E-state index in [4.69, 9.17) is 15.4 Å². The molecule has 1 amide bonds. The van der Waals surface area contributed by atoms with Crippen molar-refractivity contribution in [1.82, 2.24) is 4.90 Å². The smallest absolute Gasteiger partial charge is 0.410 e. The van der Waals surface area contributed by atoms with E-state index in [2.05, 4.69) is 0 Å². The van der Waals surface area contributed by atoms with Gasteiger partial charge in [-0.1, -0.05) is 0 Å². The molecule has 0 aromatic heterocycles. The summed E-state index contributed by atoms with van der Waals surface area (Å²) in [5, 5.41) is 0. The van der Waals surface area contributed by atoms with Crippen molar-refractivity contribution in [3.8, 4) is 0 Å². The molecule has 16 heavy (non-hydrogen) atoms. The molecule has 7 heteroatoms. The molecule has 0 saturated carbocycles. The van der Waals surface area contributed by atoms with E-state index in [-0.39, 0.29) is 11.7 Å². The Balaban J connectivity index is 2.34. The van der Waals surface area contributed by atoms with Gasteiger partial charge in [0.05, 0.1) is 5.75 Å². The van der Waals surface area contributed by atoms with E-state index in [0.29, 0.717) is 13.1 Å². The monoisotopic (exact) mass is 269 g/mol. The maximum absolute atomic E-state index is 11.5. The molecular formula is C9H16ClNO4S. The minimum Gasteiger partial charge on any atom is -0.444 e. The maximum Gasteiger partial charge on any atom is 0.410 e. The molecule has 0 aromatic rings. The molecule has 1 fully saturated rings. The summed E-state index contributed by atoms with van der Waals surface area (Å²) in [7, 11) is 1.64. The lowest BCUT2D eigenvalue weighted by atomic mass is 10.0. The van der Waals surface area contributed by atoms with E-state index in [1.807, 2.05) is 0 Å². The fourth-order valence-electron chi connectivity index (χ4n) is 1.43. The van der Waals surface area contributed by atoms with Crippen molar-refractivity contribution >= 4 is 25.8 Å². The van der Waals surface area contributed by atoms with Crippen LogP contribution in [0.4, 0.5) is 4.79 Å². The number of halogens is 1. The second kappa shape index (κ2) is 4.41. The first-order chi connectivity index (χ1) is 7.07. The quantitative estimate of drug-likeness (QED) is 0.712. The number of hydrogen-bond acceptors (Lipinski definition) is 4. The van der Waals surface area contributed by atoms with Crippen LogP contribution in [0.25, 0.3) is 0 Å². The average molecular weight is 270 g/mol. The van der Waals surface area contributed by atoms with Crippen molar-refractivity contribution in [2.24, 2.45) is 5.92 Å². The van der Waals surface area contributed by atoms with Gasteiger partial charge in [-0.25, -0.2) is 13.2 Å². The lowest BCUT2D eigenvalue weighted by molar-refractivity contribution is 0.00196. The Morgan fingerprint density at radius 3 is 2.31 bits per heavy atom. The van der Waals surface area contributed by atoms with Gasteiger partial charge in [-0.2, -0.15) is 0 Å². The molecule has 0 aromatic carbocycles. The average Bonchev–Trinajstić information content (AvgIpc) is 1.89. The summed E-state index contributed by atoms with van der Waals surface area (Å²) in [6, 6.07) is 0. The van der Waals surface area contributed by atoms with Crippen LogP contribution >= 0.6 is 10.7 Å². The van der Waals surface area contributed by atoms with Gasteiger partial charge >= 0.3 is 6.09 Å². The summed E-state index contributed by atoms with van der Waals surface area (Å²) in [5.74, 6) is -0.163. The number of amides is 1. The fraction of sp³-hybridized carbons (Fsp3) is 0.889. The molecule has 1 aliphatic rings. The molecule has 0 bridgehead atoms. The summed E-state index contributed by atoms with van der Waals surface area (Å²) in [6.45, 7) is 6.13. The largest absolute Gasteiger partial charge is 0.444 e. The van der Waals surface area contributed by atoms with Gasteiger partial charge in [0.2, 0.25) is 9.05 Å². The number of carbonyl (C=O) groups excluding carboxylic acids is 1. The van der Waals surface area contributed by atoms with E-state index in [0.717, 1.165) is 0 Å². The minimum absolute atomic E-state index is 0.0741. The van der Waals surface area contributed by atoms with Gasteiger partial charge in [0.15, 0.2) is 0 Å². The van der Waals surface area contributed by atoms with Crippen molar-refractivity contribution in [2.75, 3.05) is 18.8 Å². The lowest BCUT2D eigenvalue weighted by Gasteiger charge is -2.39. The molecular weight excluding hydrogens is 254 g/mol. The Morgan fingerprint density at radius 1 is 1.44 bits per heavy atom. The van der Waals surface area contributed by atoms with Gasteiger partial charge in [0.1, 0.15) is 5.60 Å². The van der Waals surface area contributed by atoms with Crippen LogP contribution in [0.1, 0.15) is 20.8 Å². The van der Waals surface area contributed by atoms with E-state index < -0.39 is 20.7 Å². The summed E-state index contributed by atoms with van der Waals surface area (Å²) >= 11 is 0. The number of hydrogen-bond donors (Lipinski definition) is 0. The van der Waals surface area contributed by atoms with Crippen LogP contribution in [-0.2, 0) is 13.8 Å². The number of rotatable bonds is 2. The highest BCUT2D eigenvalue weighted by Crippen LogP contribution is 2.21. The molecule has 1 aliphatic heterocycles. The highest BCUT2D eigenvalue weighted by atomic mass is 35.7. The topological polar surface area (TPSA) is 63.7 Å². The van der Waals surface area contributed by atoms with Crippen LogP contribution in [0.15, 0.2) is 0 Å². The fourth-order valence-corrected chi connectivity index (χ4v) is 2.74. The van der Waals surface area contributed by atoms with Crippen molar-refractivity contribution in [2.45, 2.75) is 26.4 Å². The second-order valence-corrected chi connectivity index (χ2v) is 7.78. The number of ether oxygens (including phenoxy) is 1. The lowest BCUT2D eigenvalue weighted by Crippen LogP contribution is -2.53. The third-order valence-electron chi connectivity index (χ3n) is 2.04. The van der Waals surface area contributed by atoms with E-state index in [1.54, 1.807) is 20.8 Å². The predicted octanol–water partition coefficient (Wildman–Crippen LogP) is 1.42. The molecule has 1 heterocycles. The van der Waals surface area contributed by atoms with Crippen LogP contribution in [-0.4, -0.2) is 43.9 Å². The second-order valence-electron chi connectivity index (χ2n) is 4.96. The zero-order valence-electron chi connectivity index (χ0n) is 9.57. The summed E-state index contributed by atoms with van der Waals surface area (Å²) in [4.78, 5) is 12.9. The Labute approximate surface area is 100 Å². The van der Waals surface area contributed by atoms with E-state index in [9.17, 15) is 13.2 Å². The third kappa shape index (κ3) is 4.57. The van der Waals surface area contributed by atoms with Gasteiger partial charge in [0.25, 0.3) is 0 Å². The van der Waals surface area contributed by atoms with Gasteiger partial charge in [0, 0.05) is 29.7 Å². The predicted molar refractivity (Wildman–Crippen MR) is 60.9 cm³/mol. The Hall–Kier alpha value is -0.490. The SMILES string of the molecule is CC(C)(C)OC(=O)N1CC(CS(=O)(=O)Cl)C1. The summed E-state index contributed by atoms with van der Waals surface area (Å²) in [6.07, 6.45) is -0.407. The Kier molecular flexibility index (Phi) is 3.74. The molecule has 0 aliphatic carbocycles. The van der Waals surface area contributed by atoms with E-state index in [1.165, 1.54) is 4.90 Å². The van der Waals surface area contributed by atoms with Gasteiger partial charge in [-0.15, -0.1) is 0 Å². The first kappa shape index (κ1) is 13.6. The summed E-state index contributed by atoms with van der Waals surface area (Å²) < 4.78 is 26.7. The van der Waals surface area contributed by atoms with Crippen molar-refractivity contribution < 1.29 is 17.9 Å². The van der Waals surface area contributed by atoms with Crippen molar-refractivity contribution in [3.05, 3.63) is 0 Å². The van der Waals surface area contributed by atoms with Crippen LogP contribution in [0.2, 0.25) is 0 Å². The third-order valence-corrected chi connectivity index (χ3v) is 3.29. The number of nitrogens with zero attached hydrogens (tertiary/aromatic N) is 1. The molecule has 1 saturated heterocycles. The van der Waals surface area contributed by atoms with Crippen molar-refractivity contribution in [1.29, 1.82) is 0 Å². The number of likely N-dealkylation sites (tertiary alicyclic amines) is 1. The first-order valence-electron chi connectivity index (χ1n) is 4.97. The van der Waals surface area contributed by atoms with Crippen LogP contribution in [0, 0.1) is 5.92 Å². The molecule has 0 radical (unpaired) electrons. The standard InChI is InChI=1S/C9H16ClNO4S/c1-9(2,3)15-8(12)11-4-7(5-11)6-16(10,13)14/h7H,4-6H2,1-3H3. The molecule has 0 unspecified atom stereocenters. The molecule has 0 atom stereocenters. The van der Waals surface area contributed by atoms with E-state index >= 15 is 0 Å². The molecule has 5 nitrogen and oxygen atoms in total. The highest BCUT2D eigenvalue weighted by Gasteiger charge is 2.35. The minimum atomic E-state index is -3.48. The first-order valence-corrected chi connectivity index (χ1v) is 7.45.